The number of hydrogen-bond acceptors (Lipinski definition) is 7. The number of carbonyl (C=O) groups is 1. The van der Waals surface area contributed by atoms with Gasteiger partial charge in [0.1, 0.15) is 12.4 Å². The molecule has 0 spiro atoms. The number of fused-ring (bicyclic) bond motifs is 1. The van der Waals surface area contributed by atoms with E-state index in [1.165, 1.54) is 0 Å². The maximum absolute atomic E-state index is 12.2. The molecule has 2 heterocycles. The molecule has 0 bridgehead atoms. The van der Waals surface area contributed by atoms with Crippen LogP contribution in [0.15, 0.2) is 66.7 Å². The highest BCUT2D eigenvalue weighted by molar-refractivity contribution is 5.77. The average Bonchev–Trinajstić information content (AvgIpc) is 3.30. The van der Waals surface area contributed by atoms with E-state index in [1.807, 2.05) is 54.6 Å². The fourth-order valence-electron chi connectivity index (χ4n) is 3.52. The zero-order chi connectivity index (χ0) is 23.8. The Morgan fingerprint density at radius 1 is 0.971 bits per heavy atom. The molecule has 0 saturated carbocycles. The summed E-state index contributed by atoms with van der Waals surface area (Å²) in [6, 6.07) is 21.0. The zero-order valence-electron chi connectivity index (χ0n) is 19.3. The molecule has 0 aliphatic carbocycles. The minimum Gasteiger partial charge on any atom is -0.484 e. The van der Waals surface area contributed by atoms with Crippen molar-refractivity contribution in [3.05, 3.63) is 66.7 Å². The van der Waals surface area contributed by atoms with Crippen LogP contribution in [0, 0.1) is 0 Å². The van der Waals surface area contributed by atoms with E-state index in [2.05, 4.69) is 39.4 Å². The van der Waals surface area contributed by atoms with Crippen LogP contribution in [-0.4, -0.2) is 58.6 Å². The number of nitrogens with one attached hydrogen (secondary N) is 1. The summed E-state index contributed by atoms with van der Waals surface area (Å²) in [6.07, 6.45) is 0. The molecule has 2 aromatic carbocycles. The summed E-state index contributed by atoms with van der Waals surface area (Å²) < 4.78 is 13.0. The summed E-state index contributed by atoms with van der Waals surface area (Å²) in [5.41, 5.74) is 2.61. The average molecular weight is 461 g/mol. The van der Waals surface area contributed by atoms with Crippen molar-refractivity contribution in [2.45, 2.75) is 13.8 Å². The Morgan fingerprint density at radius 3 is 2.59 bits per heavy atom. The number of aromatic nitrogens is 4. The van der Waals surface area contributed by atoms with Gasteiger partial charge in [-0.3, -0.25) is 4.79 Å². The Balaban J connectivity index is 1.25. The Labute approximate surface area is 198 Å². The fourth-order valence-corrected chi connectivity index (χ4v) is 3.52. The van der Waals surface area contributed by atoms with E-state index in [1.54, 1.807) is 16.6 Å². The van der Waals surface area contributed by atoms with Gasteiger partial charge in [-0.1, -0.05) is 36.4 Å². The van der Waals surface area contributed by atoms with Crippen molar-refractivity contribution in [1.29, 1.82) is 0 Å². The Kier molecular flexibility index (Phi) is 7.54. The summed E-state index contributed by atoms with van der Waals surface area (Å²) in [5.74, 6) is 1.50. The second kappa shape index (κ2) is 11.1. The molecular weight excluding hydrogens is 432 g/mol. The lowest BCUT2D eigenvalue weighted by Gasteiger charge is -2.21. The third-order valence-electron chi connectivity index (χ3n) is 5.26. The SMILES string of the molecule is CCN(CC)c1cccc(OCC(=O)NCCOc2ccc3nnc(-c4ccccc4)n3n2)c1. The molecule has 34 heavy (non-hydrogen) atoms. The van der Waals surface area contributed by atoms with Crippen LogP contribution < -0.4 is 19.7 Å². The van der Waals surface area contributed by atoms with Gasteiger partial charge in [-0.15, -0.1) is 15.3 Å². The number of anilines is 1. The van der Waals surface area contributed by atoms with Crippen molar-refractivity contribution in [3.63, 3.8) is 0 Å². The lowest BCUT2D eigenvalue weighted by atomic mass is 10.2. The van der Waals surface area contributed by atoms with Crippen LogP contribution >= 0.6 is 0 Å². The molecule has 0 aliphatic rings. The summed E-state index contributed by atoms with van der Waals surface area (Å²) in [6.45, 7) is 6.57. The van der Waals surface area contributed by atoms with Gasteiger partial charge in [-0.2, -0.15) is 4.52 Å². The molecule has 2 aromatic heterocycles. The first-order valence-corrected chi connectivity index (χ1v) is 11.3. The molecule has 0 aliphatic heterocycles. The molecule has 4 aromatic rings. The third-order valence-corrected chi connectivity index (χ3v) is 5.26. The van der Waals surface area contributed by atoms with Crippen LogP contribution in [0.4, 0.5) is 5.69 Å². The molecule has 176 valence electrons. The lowest BCUT2D eigenvalue weighted by Crippen LogP contribution is -2.32. The molecule has 1 N–H and O–H groups in total. The van der Waals surface area contributed by atoms with E-state index in [-0.39, 0.29) is 19.1 Å². The molecule has 9 nitrogen and oxygen atoms in total. The summed E-state index contributed by atoms with van der Waals surface area (Å²) in [4.78, 5) is 14.4. The fraction of sp³-hybridized carbons (Fsp3) is 0.280. The van der Waals surface area contributed by atoms with Crippen molar-refractivity contribution in [3.8, 4) is 23.0 Å². The minimum absolute atomic E-state index is 0.0624. The van der Waals surface area contributed by atoms with Gasteiger partial charge in [0.05, 0.1) is 6.54 Å². The zero-order valence-corrected chi connectivity index (χ0v) is 19.3. The van der Waals surface area contributed by atoms with Crippen molar-refractivity contribution < 1.29 is 14.3 Å². The predicted octanol–water partition coefficient (Wildman–Crippen LogP) is 3.21. The summed E-state index contributed by atoms with van der Waals surface area (Å²) >= 11 is 0. The smallest absolute Gasteiger partial charge is 0.258 e. The molecule has 1 amide bonds. The molecule has 0 saturated heterocycles. The van der Waals surface area contributed by atoms with Crippen LogP contribution in [-0.2, 0) is 4.79 Å². The topological polar surface area (TPSA) is 93.9 Å². The van der Waals surface area contributed by atoms with Gasteiger partial charge in [0.15, 0.2) is 18.1 Å². The maximum Gasteiger partial charge on any atom is 0.258 e. The third kappa shape index (κ3) is 5.61. The lowest BCUT2D eigenvalue weighted by molar-refractivity contribution is -0.123. The van der Waals surface area contributed by atoms with Crippen molar-refractivity contribution in [2.75, 3.05) is 37.7 Å². The number of nitrogens with zero attached hydrogens (tertiary/aromatic N) is 5. The highest BCUT2D eigenvalue weighted by Crippen LogP contribution is 2.21. The molecule has 9 heteroatoms. The van der Waals surface area contributed by atoms with E-state index in [0.717, 1.165) is 24.3 Å². The first kappa shape index (κ1) is 23.0. The van der Waals surface area contributed by atoms with Gasteiger partial charge in [0.25, 0.3) is 5.91 Å². The number of carbonyl (C=O) groups excluding carboxylic acids is 1. The molecule has 4 rings (SSSR count). The van der Waals surface area contributed by atoms with E-state index in [0.29, 0.717) is 29.6 Å². The van der Waals surface area contributed by atoms with Crippen molar-refractivity contribution in [2.24, 2.45) is 0 Å². The van der Waals surface area contributed by atoms with Crippen LogP contribution in [0.1, 0.15) is 13.8 Å². The first-order valence-electron chi connectivity index (χ1n) is 11.3. The largest absolute Gasteiger partial charge is 0.484 e. The van der Waals surface area contributed by atoms with Crippen LogP contribution in [0.3, 0.4) is 0 Å². The van der Waals surface area contributed by atoms with Gasteiger partial charge in [0, 0.05) is 36.5 Å². The van der Waals surface area contributed by atoms with Crippen LogP contribution in [0.2, 0.25) is 0 Å². The Morgan fingerprint density at radius 2 is 1.79 bits per heavy atom. The van der Waals surface area contributed by atoms with Gasteiger partial charge < -0.3 is 19.7 Å². The van der Waals surface area contributed by atoms with Crippen molar-refractivity contribution >= 4 is 17.2 Å². The monoisotopic (exact) mass is 460 g/mol. The van der Waals surface area contributed by atoms with E-state index >= 15 is 0 Å². The van der Waals surface area contributed by atoms with Crippen LogP contribution in [0.25, 0.3) is 17.0 Å². The number of benzene rings is 2. The number of rotatable bonds is 11. The highest BCUT2D eigenvalue weighted by atomic mass is 16.5. The van der Waals surface area contributed by atoms with E-state index in [9.17, 15) is 4.79 Å². The maximum atomic E-state index is 12.2. The summed E-state index contributed by atoms with van der Waals surface area (Å²) in [7, 11) is 0. The number of ether oxygens (including phenoxy) is 2. The summed E-state index contributed by atoms with van der Waals surface area (Å²) in [5, 5.41) is 15.6. The second-order valence-corrected chi connectivity index (χ2v) is 7.49. The van der Waals surface area contributed by atoms with E-state index in [4.69, 9.17) is 9.47 Å². The van der Waals surface area contributed by atoms with E-state index < -0.39 is 0 Å². The Bertz CT molecular complexity index is 1220. The normalized spacial score (nSPS) is 10.8. The first-order chi connectivity index (χ1) is 16.7. The second-order valence-electron chi connectivity index (χ2n) is 7.49. The Hall–Kier alpha value is -4.14. The number of hydrogen-bond donors (Lipinski definition) is 1. The standard InChI is InChI=1S/C25H28N6O3/c1-3-30(4-2)20-11-8-12-21(17-20)34-18-23(32)26-15-16-33-24-14-13-22-27-28-25(31(22)29-24)19-9-6-5-7-10-19/h5-14,17H,3-4,15-16,18H2,1-2H3,(H,26,32). The minimum atomic E-state index is -0.217. The van der Waals surface area contributed by atoms with Gasteiger partial charge in [0.2, 0.25) is 5.88 Å². The van der Waals surface area contributed by atoms with Gasteiger partial charge >= 0.3 is 0 Å². The van der Waals surface area contributed by atoms with Gasteiger partial charge in [-0.25, -0.2) is 0 Å². The van der Waals surface area contributed by atoms with Crippen LogP contribution in [0.5, 0.6) is 11.6 Å². The van der Waals surface area contributed by atoms with Crippen molar-refractivity contribution in [1.82, 2.24) is 25.1 Å². The highest BCUT2D eigenvalue weighted by Gasteiger charge is 2.10. The molecule has 0 atom stereocenters. The number of amides is 1. The molecule has 0 unspecified atom stereocenters. The van der Waals surface area contributed by atoms with Gasteiger partial charge in [-0.05, 0) is 32.0 Å². The molecular formula is C25H28N6O3. The quantitative estimate of drug-likeness (QED) is 0.344. The molecule has 0 fully saturated rings. The predicted molar refractivity (Wildman–Crippen MR) is 130 cm³/mol. The molecule has 0 radical (unpaired) electrons.